The van der Waals surface area contributed by atoms with E-state index in [0.717, 1.165) is 24.1 Å². The normalized spacial score (nSPS) is 15.3. The van der Waals surface area contributed by atoms with Crippen LogP contribution in [-0.4, -0.2) is 10.6 Å². The van der Waals surface area contributed by atoms with Gasteiger partial charge in [0.1, 0.15) is 6.10 Å². The Labute approximate surface area is 144 Å². The molecule has 2 rings (SSSR count). The van der Waals surface area contributed by atoms with E-state index >= 15 is 0 Å². The molecule has 126 valence electrons. The van der Waals surface area contributed by atoms with Crippen molar-refractivity contribution in [3.8, 4) is 0 Å². The molecule has 2 aromatic rings. The maximum atomic E-state index is 10.4. The third kappa shape index (κ3) is 5.45. The van der Waals surface area contributed by atoms with Crippen LogP contribution in [0.5, 0.6) is 0 Å². The van der Waals surface area contributed by atoms with E-state index in [1.165, 1.54) is 29.7 Å². The van der Waals surface area contributed by atoms with Crippen LogP contribution < -0.4 is 5.73 Å². The van der Waals surface area contributed by atoms with E-state index in [9.17, 15) is 5.11 Å². The molecule has 2 unspecified atom stereocenters. The second kappa shape index (κ2) is 8.62. The molecule has 0 bridgehead atoms. The third-order valence-corrected chi connectivity index (χ3v) is 5.77. The summed E-state index contributed by atoms with van der Waals surface area (Å²) in [6.45, 7) is 3.94. The average Bonchev–Trinajstić information content (AvgIpc) is 3.03. The van der Waals surface area contributed by atoms with Crippen molar-refractivity contribution in [3.05, 3.63) is 57.8 Å². The number of rotatable bonds is 9. The van der Waals surface area contributed by atoms with Crippen molar-refractivity contribution in [2.24, 2.45) is 5.73 Å². The molecule has 0 amide bonds. The number of aliphatic hydroxyl groups is 1. The lowest BCUT2D eigenvalue weighted by Gasteiger charge is -2.28. The largest absolute Gasteiger partial charge is 0.386 e. The van der Waals surface area contributed by atoms with E-state index in [0.29, 0.717) is 0 Å². The number of hydrogen-bond acceptors (Lipinski definition) is 3. The van der Waals surface area contributed by atoms with Gasteiger partial charge in [0.25, 0.3) is 0 Å². The highest BCUT2D eigenvalue weighted by molar-refractivity contribution is 7.12. The molecule has 0 spiro atoms. The minimum absolute atomic E-state index is 0.544. The fraction of sp³-hybridized carbons (Fsp3) is 0.500. The van der Waals surface area contributed by atoms with Crippen molar-refractivity contribution < 1.29 is 5.11 Å². The van der Waals surface area contributed by atoms with E-state index in [2.05, 4.69) is 36.4 Å². The maximum absolute atomic E-state index is 10.4. The molecule has 3 heteroatoms. The summed E-state index contributed by atoms with van der Waals surface area (Å²) in [5, 5.41) is 10.4. The lowest BCUT2D eigenvalue weighted by molar-refractivity contribution is 0.0949. The Bertz CT molecular complexity index is 576. The smallest absolute Gasteiger partial charge is 0.106 e. The van der Waals surface area contributed by atoms with Gasteiger partial charge < -0.3 is 10.8 Å². The molecule has 0 aliphatic heterocycles. The number of hydrogen-bond donors (Lipinski definition) is 2. The standard InChI is InChI=1S/C20H29NOS/c1-3-20(2,21)19(22)18-15-14-17(23-18)13-9-5-8-12-16-10-6-4-7-11-16/h4,6-7,10-11,14-15,19,22H,3,5,8-9,12-13,21H2,1-2H3. The number of aryl methyl sites for hydroxylation is 2. The molecular formula is C20H29NOS. The van der Waals surface area contributed by atoms with Crippen LogP contribution in [0.1, 0.15) is 61.0 Å². The number of aliphatic hydroxyl groups excluding tert-OH is 1. The second-order valence-electron chi connectivity index (χ2n) is 6.61. The fourth-order valence-electron chi connectivity index (χ4n) is 2.64. The van der Waals surface area contributed by atoms with Gasteiger partial charge in [-0.1, -0.05) is 43.7 Å². The SMILES string of the molecule is CCC(C)(N)C(O)c1ccc(CCCCCc2ccccc2)s1. The highest BCUT2D eigenvalue weighted by atomic mass is 32.1. The van der Waals surface area contributed by atoms with Crippen molar-refractivity contribution in [2.45, 2.75) is 64.0 Å². The van der Waals surface area contributed by atoms with Gasteiger partial charge in [0.2, 0.25) is 0 Å². The van der Waals surface area contributed by atoms with E-state index in [-0.39, 0.29) is 0 Å². The van der Waals surface area contributed by atoms with Gasteiger partial charge in [0.05, 0.1) is 0 Å². The molecule has 0 radical (unpaired) electrons. The first kappa shape index (κ1) is 18.2. The lowest BCUT2D eigenvalue weighted by atomic mass is 9.92. The molecule has 2 nitrogen and oxygen atoms in total. The summed E-state index contributed by atoms with van der Waals surface area (Å²) in [5.74, 6) is 0. The molecular weight excluding hydrogens is 302 g/mol. The van der Waals surface area contributed by atoms with Crippen molar-refractivity contribution in [1.29, 1.82) is 0 Å². The van der Waals surface area contributed by atoms with E-state index in [4.69, 9.17) is 5.73 Å². The quantitative estimate of drug-likeness (QED) is 0.644. The van der Waals surface area contributed by atoms with E-state index in [1.54, 1.807) is 11.3 Å². The Morgan fingerprint density at radius 1 is 1.04 bits per heavy atom. The Morgan fingerprint density at radius 2 is 1.74 bits per heavy atom. The fourth-order valence-corrected chi connectivity index (χ4v) is 3.85. The summed E-state index contributed by atoms with van der Waals surface area (Å²) in [7, 11) is 0. The third-order valence-electron chi connectivity index (χ3n) is 4.57. The molecule has 1 aromatic carbocycles. The lowest BCUT2D eigenvalue weighted by Crippen LogP contribution is -2.41. The number of nitrogens with two attached hydrogens (primary N) is 1. The molecule has 2 atom stereocenters. The molecule has 0 fully saturated rings. The van der Waals surface area contributed by atoms with Gasteiger partial charge >= 0.3 is 0 Å². The van der Waals surface area contributed by atoms with Crippen LogP contribution in [0.2, 0.25) is 0 Å². The molecule has 1 aromatic heterocycles. The minimum Gasteiger partial charge on any atom is -0.386 e. The van der Waals surface area contributed by atoms with Crippen molar-refractivity contribution in [3.63, 3.8) is 0 Å². The molecule has 23 heavy (non-hydrogen) atoms. The van der Waals surface area contributed by atoms with Crippen LogP contribution in [0, 0.1) is 0 Å². The molecule has 0 aliphatic rings. The van der Waals surface area contributed by atoms with Gasteiger partial charge in [-0.3, -0.25) is 0 Å². The Morgan fingerprint density at radius 3 is 2.43 bits per heavy atom. The van der Waals surface area contributed by atoms with Crippen LogP contribution in [0.15, 0.2) is 42.5 Å². The number of thiophene rings is 1. The first-order valence-corrected chi connectivity index (χ1v) is 9.44. The van der Waals surface area contributed by atoms with Crippen LogP contribution >= 0.6 is 11.3 Å². The predicted octanol–water partition coefficient (Wildman–Crippen LogP) is 4.86. The van der Waals surface area contributed by atoms with Crippen molar-refractivity contribution in [2.75, 3.05) is 0 Å². The average molecular weight is 332 g/mol. The molecule has 3 N–H and O–H groups in total. The van der Waals surface area contributed by atoms with Gasteiger partial charge in [-0.15, -0.1) is 11.3 Å². The zero-order chi connectivity index (χ0) is 16.7. The summed E-state index contributed by atoms with van der Waals surface area (Å²) in [5.41, 5.74) is 7.04. The number of benzene rings is 1. The summed E-state index contributed by atoms with van der Waals surface area (Å²) in [4.78, 5) is 2.35. The van der Waals surface area contributed by atoms with Crippen LogP contribution in [-0.2, 0) is 12.8 Å². The second-order valence-corrected chi connectivity index (χ2v) is 7.81. The van der Waals surface area contributed by atoms with Crippen LogP contribution in [0.3, 0.4) is 0 Å². The zero-order valence-electron chi connectivity index (χ0n) is 14.3. The molecule has 1 heterocycles. The van der Waals surface area contributed by atoms with Gasteiger partial charge in [-0.25, -0.2) is 0 Å². The highest BCUT2D eigenvalue weighted by Gasteiger charge is 2.28. The first-order chi connectivity index (χ1) is 11.0. The number of unbranched alkanes of at least 4 members (excludes halogenated alkanes) is 2. The van der Waals surface area contributed by atoms with Crippen molar-refractivity contribution in [1.82, 2.24) is 0 Å². The van der Waals surface area contributed by atoms with Gasteiger partial charge in [-0.2, -0.15) is 0 Å². The highest BCUT2D eigenvalue weighted by Crippen LogP contribution is 2.32. The Balaban J connectivity index is 1.73. The summed E-state index contributed by atoms with van der Waals surface area (Å²) < 4.78 is 0. The van der Waals surface area contributed by atoms with Gasteiger partial charge in [-0.05, 0) is 56.7 Å². The van der Waals surface area contributed by atoms with Gasteiger partial charge in [0.15, 0.2) is 0 Å². The molecule has 0 aliphatic carbocycles. The first-order valence-electron chi connectivity index (χ1n) is 8.62. The van der Waals surface area contributed by atoms with E-state index < -0.39 is 11.6 Å². The van der Waals surface area contributed by atoms with Gasteiger partial charge in [0, 0.05) is 15.3 Å². The predicted molar refractivity (Wildman–Crippen MR) is 99.9 cm³/mol. The summed E-state index contributed by atoms with van der Waals surface area (Å²) in [6.07, 6.45) is 6.15. The van der Waals surface area contributed by atoms with E-state index in [1.807, 2.05) is 19.9 Å². The van der Waals surface area contributed by atoms with Crippen molar-refractivity contribution >= 4 is 11.3 Å². The molecule has 0 saturated carbocycles. The summed E-state index contributed by atoms with van der Waals surface area (Å²) >= 11 is 1.71. The molecule has 0 saturated heterocycles. The summed E-state index contributed by atoms with van der Waals surface area (Å²) in [6, 6.07) is 14.9. The maximum Gasteiger partial charge on any atom is 0.106 e. The Hall–Kier alpha value is -1.16. The topological polar surface area (TPSA) is 46.2 Å². The van der Waals surface area contributed by atoms with Crippen LogP contribution in [0.25, 0.3) is 0 Å². The minimum atomic E-state index is -0.565. The van der Waals surface area contributed by atoms with Crippen LogP contribution in [0.4, 0.5) is 0 Å². The Kier molecular flexibility index (Phi) is 6.82. The monoisotopic (exact) mass is 331 g/mol. The zero-order valence-corrected chi connectivity index (χ0v) is 15.1.